The van der Waals surface area contributed by atoms with Gasteiger partial charge in [0, 0.05) is 12.0 Å². The molecule has 3 N–H and O–H groups in total. The van der Waals surface area contributed by atoms with Crippen LogP contribution >= 0.6 is 0 Å². The van der Waals surface area contributed by atoms with Crippen LogP contribution in [0.2, 0.25) is 0 Å². The van der Waals surface area contributed by atoms with E-state index in [1.165, 1.54) is 24.3 Å². The molecular weight excluding hydrogens is 453 g/mol. The van der Waals surface area contributed by atoms with Crippen molar-refractivity contribution in [2.75, 3.05) is 5.73 Å². The maximum absolute atomic E-state index is 13.6. The number of nitrogens with two attached hydrogens (primary N) is 1. The van der Waals surface area contributed by atoms with Crippen LogP contribution in [0, 0.1) is 5.82 Å². The number of anilines is 1. The lowest BCUT2D eigenvalue weighted by Crippen LogP contribution is -2.44. The molecule has 2 aromatic carbocycles. The van der Waals surface area contributed by atoms with Crippen LogP contribution in [-0.4, -0.2) is 38.4 Å². The summed E-state index contributed by atoms with van der Waals surface area (Å²) < 4.78 is 20.8. The number of carbonyl (C=O) groups is 3. The number of aliphatic carboxylic acids is 1. The fourth-order valence-corrected chi connectivity index (χ4v) is 4.46. The maximum atomic E-state index is 13.6. The fraction of sp³-hybridized carbons (Fsp3) is 0.154. The first-order valence-electron chi connectivity index (χ1n) is 11.0. The van der Waals surface area contributed by atoms with Gasteiger partial charge in [-0.05, 0) is 41.8 Å². The van der Waals surface area contributed by atoms with Crippen molar-refractivity contribution in [2.45, 2.75) is 25.9 Å². The van der Waals surface area contributed by atoms with Gasteiger partial charge in [-0.1, -0.05) is 37.3 Å². The molecule has 2 aromatic heterocycles. The minimum atomic E-state index is -2.00. The SMILES string of the molecule is CCc1c(N)c2c3c(c(-c4ccc(F)cc4)nn2c1Cc1ccccc1)C(=O)C(=O)C(C(=O)O)O3. The first-order valence-corrected chi connectivity index (χ1v) is 11.0. The van der Waals surface area contributed by atoms with Crippen LogP contribution in [0.4, 0.5) is 10.1 Å². The highest BCUT2D eigenvalue weighted by atomic mass is 19.1. The largest absolute Gasteiger partial charge is 0.478 e. The zero-order valence-electron chi connectivity index (χ0n) is 18.6. The van der Waals surface area contributed by atoms with Crippen LogP contribution < -0.4 is 10.5 Å². The molecule has 1 unspecified atom stereocenters. The van der Waals surface area contributed by atoms with Gasteiger partial charge in [0.2, 0.25) is 5.78 Å². The monoisotopic (exact) mass is 473 g/mol. The van der Waals surface area contributed by atoms with Gasteiger partial charge in [-0.2, -0.15) is 5.10 Å². The summed E-state index contributed by atoms with van der Waals surface area (Å²) in [5, 5.41) is 14.2. The highest BCUT2D eigenvalue weighted by molar-refractivity contribution is 6.50. The molecule has 0 fully saturated rings. The zero-order chi connectivity index (χ0) is 24.9. The summed E-state index contributed by atoms with van der Waals surface area (Å²) in [6.07, 6.45) is -1.02. The Labute approximate surface area is 198 Å². The van der Waals surface area contributed by atoms with E-state index in [9.17, 15) is 23.9 Å². The van der Waals surface area contributed by atoms with Gasteiger partial charge in [-0.25, -0.2) is 13.7 Å². The van der Waals surface area contributed by atoms with E-state index in [0.29, 0.717) is 24.1 Å². The molecule has 9 heteroatoms. The summed E-state index contributed by atoms with van der Waals surface area (Å²) in [5.74, 6) is -4.46. The van der Waals surface area contributed by atoms with Crippen molar-refractivity contribution in [3.63, 3.8) is 0 Å². The molecule has 1 aliphatic heterocycles. The molecule has 1 aliphatic rings. The van der Waals surface area contributed by atoms with Crippen molar-refractivity contribution in [1.82, 2.24) is 9.61 Å². The molecule has 176 valence electrons. The summed E-state index contributed by atoms with van der Waals surface area (Å²) in [6, 6.07) is 14.9. The molecular formula is C26H20FN3O5. The van der Waals surface area contributed by atoms with E-state index >= 15 is 0 Å². The van der Waals surface area contributed by atoms with Gasteiger partial charge in [0.1, 0.15) is 17.0 Å². The fourth-order valence-electron chi connectivity index (χ4n) is 4.46. The van der Waals surface area contributed by atoms with Crippen LogP contribution in [0.5, 0.6) is 5.75 Å². The van der Waals surface area contributed by atoms with Crippen LogP contribution in [0.15, 0.2) is 54.6 Å². The van der Waals surface area contributed by atoms with Gasteiger partial charge >= 0.3 is 5.97 Å². The Kier molecular flexibility index (Phi) is 5.32. The van der Waals surface area contributed by atoms with E-state index in [4.69, 9.17) is 10.5 Å². The Bertz CT molecular complexity index is 1510. The predicted molar refractivity (Wildman–Crippen MR) is 125 cm³/mol. The van der Waals surface area contributed by atoms with Gasteiger partial charge < -0.3 is 15.6 Å². The molecule has 0 bridgehead atoms. The van der Waals surface area contributed by atoms with E-state index in [0.717, 1.165) is 16.8 Å². The van der Waals surface area contributed by atoms with Crippen molar-refractivity contribution in [1.29, 1.82) is 0 Å². The molecule has 0 saturated carbocycles. The Balaban J connectivity index is 1.87. The molecule has 5 rings (SSSR count). The van der Waals surface area contributed by atoms with Gasteiger partial charge in [-0.3, -0.25) is 9.59 Å². The van der Waals surface area contributed by atoms with Crippen LogP contribution in [0.25, 0.3) is 16.8 Å². The van der Waals surface area contributed by atoms with E-state index in [1.807, 2.05) is 37.3 Å². The summed E-state index contributed by atoms with van der Waals surface area (Å²) >= 11 is 0. The molecule has 0 amide bonds. The standard InChI is InChI=1S/C26H20FN3O5/c1-2-16-17(12-13-6-4-3-5-7-13)30-21(19(16)28)24-18(22(31)23(32)25(35-24)26(33)34)20(29-30)14-8-10-15(27)11-9-14/h3-11,25H,2,12,28H2,1H3,(H,33,34). The molecule has 0 radical (unpaired) electrons. The third-order valence-corrected chi connectivity index (χ3v) is 6.11. The third-order valence-electron chi connectivity index (χ3n) is 6.11. The summed E-state index contributed by atoms with van der Waals surface area (Å²) in [5.41, 5.74) is 9.74. The molecule has 0 saturated heterocycles. The van der Waals surface area contributed by atoms with Crippen molar-refractivity contribution in [3.05, 3.63) is 82.8 Å². The van der Waals surface area contributed by atoms with Crippen LogP contribution in [0.3, 0.4) is 0 Å². The number of fused-ring (bicyclic) bond motifs is 3. The first kappa shape index (κ1) is 22.3. The molecule has 4 aromatic rings. The van der Waals surface area contributed by atoms with Crippen LogP contribution in [0.1, 0.15) is 34.1 Å². The minimum absolute atomic E-state index is 0.0710. The number of benzene rings is 2. The number of carboxylic acids is 1. The first-order chi connectivity index (χ1) is 16.8. The number of hydrogen-bond acceptors (Lipinski definition) is 6. The van der Waals surface area contributed by atoms with Gasteiger partial charge in [0.05, 0.1) is 16.9 Å². The number of halogens is 1. The van der Waals surface area contributed by atoms with Gasteiger partial charge in [-0.15, -0.1) is 0 Å². The van der Waals surface area contributed by atoms with Crippen molar-refractivity contribution >= 4 is 28.7 Å². The second-order valence-electron chi connectivity index (χ2n) is 8.20. The molecule has 1 atom stereocenters. The normalized spacial score (nSPS) is 15.2. The lowest BCUT2D eigenvalue weighted by molar-refractivity contribution is -0.149. The third kappa shape index (κ3) is 3.52. The number of ether oxygens (including phenoxy) is 1. The number of nitrogen functional groups attached to an aromatic ring is 1. The average molecular weight is 473 g/mol. The lowest BCUT2D eigenvalue weighted by atomic mass is 9.95. The number of Topliss-reactive ketones (excluding diaryl/α,β-unsaturated/α-hetero) is 2. The molecule has 0 spiro atoms. The van der Waals surface area contributed by atoms with E-state index < -0.39 is 29.5 Å². The van der Waals surface area contributed by atoms with Gasteiger partial charge in [0.15, 0.2) is 5.75 Å². The summed E-state index contributed by atoms with van der Waals surface area (Å²) in [4.78, 5) is 37.4. The Morgan fingerprint density at radius 2 is 1.83 bits per heavy atom. The highest BCUT2D eigenvalue weighted by Gasteiger charge is 2.44. The Morgan fingerprint density at radius 1 is 1.14 bits per heavy atom. The predicted octanol–water partition coefficient (Wildman–Crippen LogP) is 3.47. The number of aromatic nitrogens is 2. The Morgan fingerprint density at radius 3 is 2.46 bits per heavy atom. The molecule has 8 nitrogen and oxygen atoms in total. The van der Waals surface area contributed by atoms with E-state index in [-0.39, 0.29) is 22.5 Å². The smallest absolute Gasteiger partial charge is 0.353 e. The van der Waals surface area contributed by atoms with Crippen LogP contribution in [-0.2, 0) is 22.4 Å². The second-order valence-corrected chi connectivity index (χ2v) is 8.20. The second kappa shape index (κ2) is 8.35. The van der Waals surface area contributed by atoms with Crippen molar-refractivity contribution in [3.8, 4) is 17.0 Å². The number of carboxylic acid groups (broad SMARTS) is 1. The minimum Gasteiger partial charge on any atom is -0.478 e. The highest BCUT2D eigenvalue weighted by Crippen LogP contribution is 2.42. The number of hydrogen-bond donors (Lipinski definition) is 2. The summed E-state index contributed by atoms with van der Waals surface area (Å²) in [7, 11) is 0. The summed E-state index contributed by atoms with van der Waals surface area (Å²) in [6.45, 7) is 1.92. The topological polar surface area (TPSA) is 124 Å². The number of ketones is 2. The Hall–Kier alpha value is -4.53. The number of rotatable bonds is 5. The molecule has 35 heavy (non-hydrogen) atoms. The van der Waals surface area contributed by atoms with Gasteiger partial charge in [0.25, 0.3) is 11.9 Å². The maximum Gasteiger partial charge on any atom is 0.353 e. The molecule has 0 aliphatic carbocycles. The lowest BCUT2D eigenvalue weighted by Gasteiger charge is -2.24. The zero-order valence-corrected chi connectivity index (χ0v) is 18.6. The number of nitrogens with zero attached hydrogens (tertiary/aromatic N) is 2. The average Bonchev–Trinajstić information content (AvgIpc) is 3.12. The quantitative estimate of drug-likeness (QED) is 0.336. The van der Waals surface area contributed by atoms with E-state index in [2.05, 4.69) is 5.10 Å². The van der Waals surface area contributed by atoms with E-state index in [1.54, 1.807) is 4.52 Å². The van der Waals surface area contributed by atoms with Crippen molar-refractivity contribution < 1.29 is 28.6 Å². The molecule has 3 heterocycles. The number of carbonyl (C=O) groups excluding carboxylic acids is 2. The van der Waals surface area contributed by atoms with Crippen molar-refractivity contribution in [2.24, 2.45) is 0 Å².